The van der Waals surface area contributed by atoms with E-state index in [1.165, 1.54) is 0 Å². The number of hydrogen-bond donors (Lipinski definition) is 2. The molecule has 0 aliphatic rings. The molecule has 0 bridgehead atoms. The van der Waals surface area contributed by atoms with Gasteiger partial charge in [0.1, 0.15) is 0 Å². The summed E-state index contributed by atoms with van der Waals surface area (Å²) in [6.45, 7) is 7.71. The molecule has 0 fully saturated rings. The zero-order valence-corrected chi connectivity index (χ0v) is 14.0. The van der Waals surface area contributed by atoms with E-state index in [0.717, 1.165) is 27.9 Å². The lowest BCUT2D eigenvalue weighted by Crippen LogP contribution is -2.33. The van der Waals surface area contributed by atoms with E-state index in [0.29, 0.717) is 5.56 Å². The Labute approximate surface area is 136 Å². The Morgan fingerprint density at radius 3 is 2.04 bits per heavy atom. The number of hydrogen-bond acceptors (Lipinski definition) is 2. The zero-order valence-electron chi connectivity index (χ0n) is 14.0. The summed E-state index contributed by atoms with van der Waals surface area (Å²) < 4.78 is 0. The van der Waals surface area contributed by atoms with Crippen LogP contribution in [0.25, 0.3) is 0 Å². The lowest BCUT2D eigenvalue weighted by Gasteiger charge is -2.12. The fourth-order valence-electron chi connectivity index (χ4n) is 2.56. The lowest BCUT2D eigenvalue weighted by molar-refractivity contribution is -0.115. The third-order valence-electron chi connectivity index (χ3n) is 3.64. The first-order valence-electron chi connectivity index (χ1n) is 7.59. The monoisotopic (exact) mass is 310 g/mol. The molecule has 0 heterocycles. The topological polar surface area (TPSA) is 58.2 Å². The van der Waals surface area contributed by atoms with E-state index in [9.17, 15) is 9.59 Å². The minimum atomic E-state index is -0.242. The van der Waals surface area contributed by atoms with Crippen molar-refractivity contribution in [3.05, 3.63) is 64.2 Å². The Hall–Kier alpha value is -2.62. The first-order valence-corrected chi connectivity index (χ1v) is 7.59. The standard InChI is InChI=1S/C19H22N2O2/c1-12-8-13(2)10-16(9-12)19(23)20-11-17(22)21-18-14(3)6-5-7-15(18)4/h5-10H,11H2,1-4H3,(H,20,23)(H,21,22). The molecule has 0 spiro atoms. The Bertz CT molecular complexity index is 711. The first-order chi connectivity index (χ1) is 10.9. The Kier molecular flexibility index (Phi) is 5.16. The van der Waals surface area contributed by atoms with Gasteiger partial charge in [-0.2, -0.15) is 0 Å². The third-order valence-corrected chi connectivity index (χ3v) is 3.64. The molecule has 0 unspecified atom stereocenters. The Morgan fingerprint density at radius 1 is 0.913 bits per heavy atom. The summed E-state index contributed by atoms with van der Waals surface area (Å²) in [5.74, 6) is -0.478. The average molecular weight is 310 g/mol. The Morgan fingerprint density at radius 2 is 1.48 bits per heavy atom. The van der Waals surface area contributed by atoms with E-state index in [-0.39, 0.29) is 18.4 Å². The molecule has 2 aromatic carbocycles. The maximum atomic E-state index is 12.1. The van der Waals surface area contributed by atoms with Crippen molar-refractivity contribution in [2.45, 2.75) is 27.7 Å². The fraction of sp³-hybridized carbons (Fsp3) is 0.263. The molecular weight excluding hydrogens is 288 g/mol. The normalized spacial score (nSPS) is 10.3. The maximum absolute atomic E-state index is 12.1. The molecule has 2 amide bonds. The molecule has 23 heavy (non-hydrogen) atoms. The van der Waals surface area contributed by atoms with Gasteiger partial charge in [0.15, 0.2) is 0 Å². The van der Waals surface area contributed by atoms with E-state index in [1.54, 1.807) is 0 Å². The van der Waals surface area contributed by atoms with E-state index in [4.69, 9.17) is 0 Å². The van der Waals surface area contributed by atoms with Gasteiger partial charge in [-0.15, -0.1) is 0 Å². The van der Waals surface area contributed by atoms with Crippen LogP contribution >= 0.6 is 0 Å². The van der Waals surface area contributed by atoms with Crippen LogP contribution in [0, 0.1) is 27.7 Å². The van der Waals surface area contributed by atoms with Crippen molar-refractivity contribution < 1.29 is 9.59 Å². The number of amides is 2. The quantitative estimate of drug-likeness (QED) is 0.910. The highest BCUT2D eigenvalue weighted by atomic mass is 16.2. The summed E-state index contributed by atoms with van der Waals surface area (Å²) >= 11 is 0. The van der Waals surface area contributed by atoms with E-state index in [2.05, 4.69) is 10.6 Å². The molecule has 2 N–H and O–H groups in total. The van der Waals surface area contributed by atoms with Crippen LogP contribution in [-0.4, -0.2) is 18.4 Å². The molecule has 2 rings (SSSR count). The smallest absolute Gasteiger partial charge is 0.251 e. The van der Waals surface area contributed by atoms with Crippen LogP contribution in [0.3, 0.4) is 0 Å². The van der Waals surface area contributed by atoms with E-state index >= 15 is 0 Å². The Balaban J connectivity index is 1.97. The number of aryl methyl sites for hydroxylation is 4. The lowest BCUT2D eigenvalue weighted by atomic mass is 10.1. The molecule has 0 saturated carbocycles. The summed E-state index contributed by atoms with van der Waals surface area (Å²) in [6, 6.07) is 11.5. The van der Waals surface area contributed by atoms with Gasteiger partial charge in [-0.1, -0.05) is 35.4 Å². The molecule has 0 atom stereocenters. The van der Waals surface area contributed by atoms with E-state index in [1.807, 2.05) is 64.1 Å². The van der Waals surface area contributed by atoms with Crippen molar-refractivity contribution in [2.75, 3.05) is 11.9 Å². The number of nitrogens with one attached hydrogen (secondary N) is 2. The number of carbonyl (C=O) groups is 2. The molecule has 4 heteroatoms. The number of anilines is 1. The van der Waals surface area contributed by atoms with E-state index < -0.39 is 0 Å². The molecule has 2 aromatic rings. The second-order valence-corrected chi connectivity index (χ2v) is 5.87. The second-order valence-electron chi connectivity index (χ2n) is 5.87. The van der Waals surface area contributed by atoms with Gasteiger partial charge >= 0.3 is 0 Å². The minimum Gasteiger partial charge on any atom is -0.343 e. The van der Waals surface area contributed by atoms with Gasteiger partial charge in [-0.05, 0) is 51.0 Å². The van der Waals surface area contributed by atoms with Crippen molar-refractivity contribution in [3.63, 3.8) is 0 Å². The number of para-hydroxylation sites is 1. The van der Waals surface area contributed by atoms with Crippen LogP contribution in [0.4, 0.5) is 5.69 Å². The molecule has 4 nitrogen and oxygen atoms in total. The number of rotatable bonds is 4. The zero-order chi connectivity index (χ0) is 17.0. The first kappa shape index (κ1) is 16.7. The van der Waals surface area contributed by atoms with Crippen LogP contribution in [0.5, 0.6) is 0 Å². The van der Waals surface area contributed by atoms with Crippen molar-refractivity contribution in [1.29, 1.82) is 0 Å². The fourth-order valence-corrected chi connectivity index (χ4v) is 2.56. The summed E-state index contributed by atoms with van der Waals surface area (Å²) in [7, 11) is 0. The van der Waals surface area contributed by atoms with Crippen molar-refractivity contribution in [2.24, 2.45) is 0 Å². The van der Waals surface area contributed by atoms with Crippen molar-refractivity contribution >= 4 is 17.5 Å². The van der Waals surface area contributed by atoms with Crippen molar-refractivity contribution in [1.82, 2.24) is 5.32 Å². The maximum Gasteiger partial charge on any atom is 0.251 e. The van der Waals surface area contributed by atoms with Gasteiger partial charge in [-0.3, -0.25) is 9.59 Å². The van der Waals surface area contributed by atoms with Crippen LogP contribution in [0.1, 0.15) is 32.6 Å². The summed E-state index contributed by atoms with van der Waals surface area (Å²) in [4.78, 5) is 24.2. The predicted molar refractivity (Wildman–Crippen MR) is 92.8 cm³/mol. The second kappa shape index (κ2) is 7.09. The van der Waals surface area contributed by atoms with Crippen LogP contribution in [0.15, 0.2) is 36.4 Å². The summed E-state index contributed by atoms with van der Waals surface area (Å²) in [5, 5.41) is 5.52. The third kappa shape index (κ3) is 4.42. The molecule has 0 aliphatic heterocycles. The average Bonchev–Trinajstić information content (AvgIpc) is 2.47. The molecule has 0 saturated heterocycles. The SMILES string of the molecule is Cc1cc(C)cc(C(=O)NCC(=O)Nc2c(C)cccc2C)c1. The number of benzene rings is 2. The number of carbonyl (C=O) groups excluding carboxylic acids is 2. The summed E-state index contributed by atoms with van der Waals surface area (Å²) in [6.07, 6.45) is 0. The van der Waals surface area contributed by atoms with Gasteiger partial charge in [0.05, 0.1) is 6.54 Å². The van der Waals surface area contributed by atoms with Gasteiger partial charge in [0.25, 0.3) is 5.91 Å². The van der Waals surface area contributed by atoms with Crippen LogP contribution in [0.2, 0.25) is 0 Å². The van der Waals surface area contributed by atoms with Gasteiger partial charge in [-0.25, -0.2) is 0 Å². The summed E-state index contributed by atoms with van der Waals surface area (Å²) in [5.41, 5.74) is 5.42. The van der Waals surface area contributed by atoms with Crippen LogP contribution < -0.4 is 10.6 Å². The molecule has 0 aromatic heterocycles. The highest BCUT2D eigenvalue weighted by molar-refractivity contribution is 6.00. The minimum absolute atomic E-state index is 0.0560. The molecular formula is C19H22N2O2. The van der Waals surface area contributed by atoms with Gasteiger partial charge in [0.2, 0.25) is 5.91 Å². The molecule has 120 valence electrons. The van der Waals surface area contributed by atoms with Gasteiger partial charge < -0.3 is 10.6 Å². The highest BCUT2D eigenvalue weighted by Gasteiger charge is 2.11. The highest BCUT2D eigenvalue weighted by Crippen LogP contribution is 2.19. The van der Waals surface area contributed by atoms with Crippen molar-refractivity contribution in [3.8, 4) is 0 Å². The largest absolute Gasteiger partial charge is 0.343 e. The predicted octanol–water partition coefficient (Wildman–Crippen LogP) is 3.29. The van der Waals surface area contributed by atoms with Gasteiger partial charge in [0, 0.05) is 11.3 Å². The molecule has 0 aliphatic carbocycles. The molecule has 0 radical (unpaired) electrons. The van der Waals surface area contributed by atoms with Crippen LogP contribution in [-0.2, 0) is 4.79 Å².